The van der Waals surface area contributed by atoms with E-state index in [1.807, 2.05) is 6.92 Å². The quantitative estimate of drug-likeness (QED) is 0.638. The Balaban J connectivity index is 4.12. The topological polar surface area (TPSA) is 95.5 Å². The van der Waals surface area contributed by atoms with E-state index in [2.05, 4.69) is 10.6 Å². The molecule has 0 aliphatic rings. The van der Waals surface area contributed by atoms with Crippen LogP contribution in [0.5, 0.6) is 0 Å². The average Bonchev–Trinajstić information content (AvgIpc) is 2.28. The zero-order valence-electron chi connectivity index (χ0n) is 11.3. The van der Waals surface area contributed by atoms with Crippen molar-refractivity contribution in [1.29, 1.82) is 0 Å². The standard InChI is InChI=1S/C11H22N2O4S/c1-5-11(3,9(14)15)13-10(16)12-7-6-8(2)18(4)17/h8H,5-7H2,1-4H3,(H,14,15)(H2,12,13,16). The van der Waals surface area contributed by atoms with Crippen molar-refractivity contribution in [3.8, 4) is 0 Å². The summed E-state index contributed by atoms with van der Waals surface area (Å²) in [5, 5.41) is 14.0. The molecule has 0 aromatic heterocycles. The summed E-state index contributed by atoms with van der Waals surface area (Å²) in [5.74, 6) is -1.07. The lowest BCUT2D eigenvalue weighted by Crippen LogP contribution is -2.55. The van der Waals surface area contributed by atoms with Gasteiger partial charge >= 0.3 is 12.0 Å². The number of carbonyl (C=O) groups is 2. The average molecular weight is 278 g/mol. The minimum absolute atomic E-state index is 0.00216. The lowest BCUT2D eigenvalue weighted by molar-refractivity contribution is -0.143. The zero-order valence-corrected chi connectivity index (χ0v) is 12.1. The number of rotatable bonds is 7. The van der Waals surface area contributed by atoms with Crippen molar-refractivity contribution in [3.63, 3.8) is 0 Å². The minimum atomic E-state index is -1.26. The summed E-state index contributed by atoms with van der Waals surface area (Å²) in [6.07, 6.45) is 2.50. The Bertz CT molecular complexity index is 335. The Labute approximate surface area is 110 Å². The monoisotopic (exact) mass is 278 g/mol. The molecule has 3 N–H and O–H groups in total. The smallest absolute Gasteiger partial charge is 0.329 e. The number of carbonyl (C=O) groups excluding carboxylic acids is 1. The molecule has 0 saturated carbocycles. The summed E-state index contributed by atoms with van der Waals surface area (Å²) in [7, 11) is -0.919. The largest absolute Gasteiger partial charge is 0.480 e. The molecule has 3 atom stereocenters. The fourth-order valence-electron chi connectivity index (χ4n) is 1.14. The van der Waals surface area contributed by atoms with Crippen LogP contribution < -0.4 is 10.6 Å². The van der Waals surface area contributed by atoms with Gasteiger partial charge in [0.15, 0.2) is 0 Å². The minimum Gasteiger partial charge on any atom is -0.480 e. The van der Waals surface area contributed by atoms with Crippen molar-refractivity contribution in [2.75, 3.05) is 12.8 Å². The van der Waals surface area contributed by atoms with E-state index in [0.29, 0.717) is 19.4 Å². The lowest BCUT2D eigenvalue weighted by atomic mass is 10.00. The predicted octanol–water partition coefficient (Wildman–Crippen LogP) is 0.696. The molecule has 0 rings (SSSR count). The molecule has 0 aliphatic heterocycles. The fourth-order valence-corrected chi connectivity index (χ4v) is 1.59. The number of hydrogen-bond donors (Lipinski definition) is 3. The number of urea groups is 1. The van der Waals surface area contributed by atoms with Crippen molar-refractivity contribution in [3.05, 3.63) is 0 Å². The first-order valence-corrected chi connectivity index (χ1v) is 7.46. The summed E-state index contributed by atoms with van der Waals surface area (Å²) in [5.41, 5.74) is -1.26. The van der Waals surface area contributed by atoms with Gasteiger partial charge in [-0.3, -0.25) is 4.21 Å². The highest BCUT2D eigenvalue weighted by Gasteiger charge is 2.32. The van der Waals surface area contributed by atoms with E-state index in [1.54, 1.807) is 13.2 Å². The number of carboxylic acid groups (broad SMARTS) is 1. The third-order valence-electron chi connectivity index (χ3n) is 2.97. The van der Waals surface area contributed by atoms with E-state index in [4.69, 9.17) is 5.11 Å². The van der Waals surface area contributed by atoms with Crippen LogP contribution in [0.4, 0.5) is 4.79 Å². The van der Waals surface area contributed by atoms with E-state index in [9.17, 15) is 13.8 Å². The molecular weight excluding hydrogens is 256 g/mol. The Morgan fingerprint density at radius 2 is 2.00 bits per heavy atom. The van der Waals surface area contributed by atoms with E-state index in [1.165, 1.54) is 6.92 Å². The van der Waals surface area contributed by atoms with Gasteiger partial charge in [0.25, 0.3) is 0 Å². The molecule has 0 heterocycles. The van der Waals surface area contributed by atoms with Crippen LogP contribution in [0.2, 0.25) is 0 Å². The molecule has 0 aliphatic carbocycles. The van der Waals surface area contributed by atoms with Crippen LogP contribution >= 0.6 is 0 Å². The van der Waals surface area contributed by atoms with Crippen molar-refractivity contribution >= 4 is 22.8 Å². The first-order chi connectivity index (χ1) is 8.23. The van der Waals surface area contributed by atoms with E-state index < -0.39 is 28.3 Å². The Morgan fingerprint density at radius 1 is 1.44 bits per heavy atom. The second-order valence-electron chi connectivity index (χ2n) is 4.47. The van der Waals surface area contributed by atoms with Crippen LogP contribution in [0.15, 0.2) is 0 Å². The van der Waals surface area contributed by atoms with Crippen LogP contribution in [0, 0.1) is 0 Å². The highest BCUT2D eigenvalue weighted by atomic mass is 32.2. The highest BCUT2D eigenvalue weighted by molar-refractivity contribution is 7.84. The number of hydrogen-bond acceptors (Lipinski definition) is 3. The molecule has 7 heteroatoms. The molecule has 18 heavy (non-hydrogen) atoms. The van der Waals surface area contributed by atoms with Crippen molar-refractivity contribution < 1.29 is 18.9 Å². The Morgan fingerprint density at radius 3 is 2.39 bits per heavy atom. The number of amides is 2. The first-order valence-electron chi connectivity index (χ1n) is 5.84. The molecule has 0 bridgehead atoms. The maximum Gasteiger partial charge on any atom is 0.329 e. The van der Waals surface area contributed by atoms with E-state index in [-0.39, 0.29) is 5.25 Å². The van der Waals surface area contributed by atoms with Gasteiger partial charge in [-0.15, -0.1) is 0 Å². The summed E-state index contributed by atoms with van der Waals surface area (Å²) < 4.78 is 11.1. The molecule has 0 saturated heterocycles. The molecule has 0 aromatic rings. The van der Waals surface area contributed by atoms with Gasteiger partial charge in [-0.25, -0.2) is 9.59 Å². The molecular formula is C11H22N2O4S. The SMILES string of the molecule is CCC(C)(NC(=O)NCCC(C)S(C)=O)C(=O)O. The number of carboxylic acids is 1. The second-order valence-corrected chi connectivity index (χ2v) is 6.27. The molecule has 0 radical (unpaired) electrons. The molecule has 0 aromatic carbocycles. The van der Waals surface area contributed by atoms with Crippen LogP contribution in [-0.2, 0) is 15.6 Å². The first kappa shape index (κ1) is 16.9. The summed E-state index contributed by atoms with van der Waals surface area (Å²) >= 11 is 0. The van der Waals surface area contributed by atoms with Gasteiger partial charge in [0.2, 0.25) is 0 Å². The Kier molecular flexibility index (Phi) is 6.90. The molecule has 3 unspecified atom stereocenters. The fraction of sp³-hybridized carbons (Fsp3) is 0.818. The maximum atomic E-state index is 11.5. The normalized spacial score (nSPS) is 17.3. The van der Waals surface area contributed by atoms with Gasteiger partial charge in [-0.1, -0.05) is 13.8 Å². The second kappa shape index (κ2) is 7.35. The third kappa shape index (κ3) is 5.48. The summed E-state index contributed by atoms with van der Waals surface area (Å²) in [4.78, 5) is 22.5. The van der Waals surface area contributed by atoms with Crippen LogP contribution in [0.1, 0.15) is 33.6 Å². The van der Waals surface area contributed by atoms with Crippen LogP contribution in [-0.4, -0.2) is 44.9 Å². The van der Waals surface area contributed by atoms with Gasteiger partial charge in [0, 0.05) is 28.9 Å². The van der Waals surface area contributed by atoms with Gasteiger partial charge in [-0.05, 0) is 19.8 Å². The molecule has 6 nitrogen and oxygen atoms in total. The lowest BCUT2D eigenvalue weighted by Gasteiger charge is -2.24. The molecule has 2 amide bonds. The Hall–Kier alpha value is -1.11. The zero-order chi connectivity index (χ0) is 14.3. The van der Waals surface area contributed by atoms with Gasteiger partial charge in [0.05, 0.1) is 0 Å². The number of aliphatic carboxylic acids is 1. The molecule has 0 fully saturated rings. The summed E-state index contributed by atoms with van der Waals surface area (Å²) in [6, 6.07) is -0.518. The molecule has 106 valence electrons. The van der Waals surface area contributed by atoms with E-state index in [0.717, 1.165) is 0 Å². The van der Waals surface area contributed by atoms with Gasteiger partial charge in [0.1, 0.15) is 5.54 Å². The summed E-state index contributed by atoms with van der Waals surface area (Å²) in [6.45, 7) is 5.35. The maximum absolute atomic E-state index is 11.5. The van der Waals surface area contributed by atoms with Crippen molar-refractivity contribution in [2.24, 2.45) is 0 Å². The van der Waals surface area contributed by atoms with Gasteiger partial charge in [-0.2, -0.15) is 0 Å². The van der Waals surface area contributed by atoms with Crippen LogP contribution in [0.3, 0.4) is 0 Å². The number of nitrogens with one attached hydrogen (secondary N) is 2. The van der Waals surface area contributed by atoms with Crippen LogP contribution in [0.25, 0.3) is 0 Å². The highest BCUT2D eigenvalue weighted by Crippen LogP contribution is 2.08. The predicted molar refractivity (Wildman–Crippen MR) is 71.0 cm³/mol. The van der Waals surface area contributed by atoms with Crippen molar-refractivity contribution in [2.45, 2.75) is 44.4 Å². The van der Waals surface area contributed by atoms with E-state index >= 15 is 0 Å². The van der Waals surface area contributed by atoms with Crippen molar-refractivity contribution in [1.82, 2.24) is 10.6 Å². The third-order valence-corrected chi connectivity index (χ3v) is 4.34. The van der Waals surface area contributed by atoms with Gasteiger partial charge < -0.3 is 15.7 Å². The molecule has 0 spiro atoms.